The lowest BCUT2D eigenvalue weighted by Gasteiger charge is -2.49. The number of halogens is 1. The third-order valence-electron chi connectivity index (χ3n) is 7.02. The van der Waals surface area contributed by atoms with E-state index in [9.17, 15) is 24.0 Å². The van der Waals surface area contributed by atoms with Crippen LogP contribution in [0.25, 0.3) is 0 Å². The summed E-state index contributed by atoms with van der Waals surface area (Å²) in [6.45, 7) is 4.46. The van der Waals surface area contributed by atoms with Crippen molar-refractivity contribution in [1.82, 2.24) is 15.2 Å². The van der Waals surface area contributed by atoms with Gasteiger partial charge in [-0.15, -0.1) is 34.7 Å². The molecule has 0 bridgehead atoms. The molecule has 16 heteroatoms. The first-order valence-corrected chi connectivity index (χ1v) is 17.4. The molecule has 0 radical (unpaired) electrons. The molecule has 0 saturated carbocycles. The van der Waals surface area contributed by atoms with E-state index < -0.39 is 53.5 Å². The number of β-lactam (4-membered cyclic amide) rings is 1. The number of benzene rings is 2. The number of nitrogens with one attached hydrogen (secondary N) is 2. The lowest BCUT2D eigenvalue weighted by Crippen LogP contribution is -2.71. The van der Waals surface area contributed by atoms with Gasteiger partial charge >= 0.3 is 11.9 Å². The topological polar surface area (TPSA) is 166 Å². The van der Waals surface area contributed by atoms with Crippen molar-refractivity contribution in [2.24, 2.45) is 5.16 Å². The van der Waals surface area contributed by atoms with E-state index in [2.05, 4.69) is 20.8 Å². The summed E-state index contributed by atoms with van der Waals surface area (Å²) in [5.74, 6) is -2.56. The molecule has 1 aromatic heterocycles. The first-order valence-electron chi connectivity index (χ1n) is 14.9. The van der Waals surface area contributed by atoms with Gasteiger partial charge in [-0.2, -0.15) is 0 Å². The molecule has 2 aliphatic rings. The monoisotopic (exact) mass is 725 g/mol. The summed E-state index contributed by atoms with van der Waals surface area (Å²) < 4.78 is 11.3. The highest BCUT2D eigenvalue weighted by molar-refractivity contribution is 8.00. The number of amides is 3. The zero-order valence-electron chi connectivity index (χ0n) is 26.6. The van der Waals surface area contributed by atoms with Crippen LogP contribution >= 0.6 is 34.7 Å². The molecule has 2 atom stereocenters. The van der Waals surface area contributed by atoms with Crippen LogP contribution in [0.2, 0.25) is 0 Å². The lowest BCUT2D eigenvalue weighted by molar-refractivity contribution is -0.160. The fourth-order valence-electron chi connectivity index (χ4n) is 4.96. The fraction of sp³-hybridized carbons (Fsp3) is 0.303. The number of hydrogen-bond acceptors (Lipinski definition) is 12. The molecule has 1 saturated heterocycles. The number of thioether (sulfide) groups is 1. The van der Waals surface area contributed by atoms with E-state index in [0.29, 0.717) is 17.7 Å². The van der Waals surface area contributed by atoms with Gasteiger partial charge in [0.05, 0.1) is 0 Å². The van der Waals surface area contributed by atoms with Crippen molar-refractivity contribution in [3.63, 3.8) is 0 Å². The molecule has 1 unspecified atom stereocenters. The number of esters is 2. The summed E-state index contributed by atoms with van der Waals surface area (Å²) in [7, 11) is 0. The number of anilines is 1. The predicted octanol–water partition coefficient (Wildman–Crippen LogP) is 4.00. The van der Waals surface area contributed by atoms with Crippen LogP contribution < -0.4 is 10.6 Å². The number of rotatable bonds is 13. The molecular weight excluding hydrogens is 694 g/mol. The second-order valence-electron chi connectivity index (χ2n) is 11.7. The number of fused-ring (bicyclic) bond motifs is 1. The third-order valence-corrected chi connectivity index (χ3v) is 9.46. The van der Waals surface area contributed by atoms with Crippen LogP contribution in [0.4, 0.5) is 5.13 Å². The summed E-state index contributed by atoms with van der Waals surface area (Å²) in [6, 6.07) is 17.4. The van der Waals surface area contributed by atoms with Gasteiger partial charge in [0.2, 0.25) is 13.0 Å². The number of alkyl halides is 1. The first-order chi connectivity index (χ1) is 23.5. The van der Waals surface area contributed by atoms with Crippen LogP contribution in [0.3, 0.4) is 0 Å². The number of nitrogens with zero attached hydrogens (tertiary/aromatic N) is 3. The van der Waals surface area contributed by atoms with Gasteiger partial charge in [0.15, 0.2) is 16.9 Å². The molecule has 0 aliphatic carbocycles. The minimum atomic E-state index is -1.06. The van der Waals surface area contributed by atoms with Gasteiger partial charge in [-0.05, 0) is 37.5 Å². The van der Waals surface area contributed by atoms with Crippen molar-refractivity contribution in [2.75, 3.05) is 23.6 Å². The molecule has 5 rings (SSSR count). The van der Waals surface area contributed by atoms with E-state index >= 15 is 0 Å². The van der Waals surface area contributed by atoms with Gasteiger partial charge in [-0.25, -0.2) is 14.6 Å². The zero-order chi connectivity index (χ0) is 35.1. The Labute approximate surface area is 295 Å². The van der Waals surface area contributed by atoms with E-state index in [1.807, 2.05) is 60.7 Å². The largest absolute Gasteiger partial charge is 0.457 e. The Morgan fingerprint density at radius 3 is 2.35 bits per heavy atom. The van der Waals surface area contributed by atoms with Crippen LogP contribution in [-0.2, 0) is 38.3 Å². The Morgan fingerprint density at radius 2 is 1.76 bits per heavy atom. The van der Waals surface area contributed by atoms with Gasteiger partial charge in [-0.1, -0.05) is 65.8 Å². The van der Waals surface area contributed by atoms with Crippen LogP contribution in [0, 0.1) is 0 Å². The number of hydrogen-bond donors (Lipinski definition) is 2. The van der Waals surface area contributed by atoms with E-state index in [1.54, 1.807) is 20.8 Å². The van der Waals surface area contributed by atoms with Crippen molar-refractivity contribution >= 4 is 75.7 Å². The molecule has 2 aliphatic heterocycles. The van der Waals surface area contributed by atoms with Crippen molar-refractivity contribution in [3.05, 3.63) is 94.1 Å². The maximum Gasteiger partial charge on any atom is 0.356 e. The Balaban J connectivity index is 1.34. The number of ether oxygens (including phenoxy) is 2. The second kappa shape index (κ2) is 15.7. The standard InChI is InChI=1S/C33H32ClN5O8S2/c1-33(2,3)47-23(41)15-45-38-24(22-17-49-32(36-22)35-18-40)28(42)37-25-29(43)39-26(21(14-34)16-48-30(25)39)31(44)46-27(19-10-6-4-7-11-19)20-12-8-5-9-13-20/h4-13,17-18,25,27,30H,14-16H2,1-3H3,(H,37,42)(H,35,36,40)/b38-24-/t25?,30-/m1/s1. The van der Waals surface area contributed by atoms with Crippen LogP contribution in [0.5, 0.6) is 0 Å². The number of carbonyl (C=O) groups excluding carboxylic acids is 5. The van der Waals surface area contributed by atoms with E-state index in [0.717, 1.165) is 22.5 Å². The molecule has 0 spiro atoms. The maximum atomic E-state index is 13.9. The number of oxime groups is 1. The quantitative estimate of drug-likeness (QED) is 0.0657. The number of carbonyl (C=O) groups is 5. The minimum absolute atomic E-state index is 0.0148. The molecule has 13 nitrogen and oxygen atoms in total. The van der Waals surface area contributed by atoms with Crippen molar-refractivity contribution < 1.29 is 38.3 Å². The average Bonchev–Trinajstić information content (AvgIpc) is 3.55. The molecule has 256 valence electrons. The summed E-state index contributed by atoms with van der Waals surface area (Å²) in [5, 5.41) is 9.85. The van der Waals surface area contributed by atoms with Crippen LogP contribution in [0.1, 0.15) is 43.7 Å². The Kier molecular flexibility index (Phi) is 11.4. The molecule has 49 heavy (non-hydrogen) atoms. The summed E-state index contributed by atoms with van der Waals surface area (Å²) in [5.41, 5.74) is 0.937. The Hall–Kier alpha value is -4.73. The first kappa shape index (κ1) is 35.6. The summed E-state index contributed by atoms with van der Waals surface area (Å²) in [6.07, 6.45) is -0.330. The molecule has 1 fully saturated rings. The molecule has 3 aromatic rings. The third kappa shape index (κ3) is 8.47. The van der Waals surface area contributed by atoms with Gasteiger partial charge in [0.25, 0.3) is 11.8 Å². The predicted molar refractivity (Wildman–Crippen MR) is 184 cm³/mol. The van der Waals surface area contributed by atoms with Crippen molar-refractivity contribution in [3.8, 4) is 0 Å². The Bertz CT molecular complexity index is 1740. The normalized spacial score (nSPS) is 17.5. The molecule has 3 heterocycles. The minimum Gasteiger partial charge on any atom is -0.457 e. The Morgan fingerprint density at radius 1 is 1.10 bits per heavy atom. The highest BCUT2D eigenvalue weighted by Crippen LogP contribution is 2.42. The lowest BCUT2D eigenvalue weighted by atomic mass is 10.0. The molecule has 3 amide bonds. The number of thiazole rings is 1. The molecule has 2 aromatic carbocycles. The van der Waals surface area contributed by atoms with E-state index in [4.69, 9.17) is 25.9 Å². The average molecular weight is 726 g/mol. The van der Waals surface area contributed by atoms with Crippen molar-refractivity contribution in [2.45, 2.75) is 43.9 Å². The number of aromatic nitrogens is 1. The van der Waals surface area contributed by atoms with Crippen LogP contribution in [-0.4, -0.2) is 81.0 Å². The van der Waals surface area contributed by atoms with E-state index in [1.165, 1.54) is 22.0 Å². The smallest absolute Gasteiger partial charge is 0.356 e. The van der Waals surface area contributed by atoms with Gasteiger partial charge in [-0.3, -0.25) is 19.3 Å². The SMILES string of the molecule is CC(C)(C)OC(=O)CO/N=C(\C(=O)NC1C(=O)N2C(C(=O)OC(c3ccccc3)c3ccccc3)=C(CCl)CS[C@H]12)c1csc(NC=O)n1. The van der Waals surface area contributed by atoms with Crippen LogP contribution in [0.15, 0.2) is 82.5 Å². The zero-order valence-corrected chi connectivity index (χ0v) is 29.0. The summed E-state index contributed by atoms with van der Waals surface area (Å²) in [4.78, 5) is 74.7. The summed E-state index contributed by atoms with van der Waals surface area (Å²) >= 11 is 8.60. The second-order valence-corrected chi connectivity index (χ2v) is 13.9. The van der Waals surface area contributed by atoms with Gasteiger partial charge in [0.1, 0.15) is 28.4 Å². The maximum absolute atomic E-state index is 13.9. The highest BCUT2D eigenvalue weighted by Gasteiger charge is 2.55. The van der Waals surface area contributed by atoms with Gasteiger partial charge < -0.3 is 24.9 Å². The van der Waals surface area contributed by atoms with Gasteiger partial charge in [0, 0.05) is 17.0 Å². The molecule has 2 N–H and O–H groups in total. The van der Waals surface area contributed by atoms with E-state index in [-0.39, 0.29) is 28.1 Å². The highest BCUT2D eigenvalue weighted by atomic mass is 35.5. The van der Waals surface area contributed by atoms with Crippen molar-refractivity contribution in [1.29, 1.82) is 0 Å². The molecular formula is C33H32ClN5O8S2. The fourth-order valence-corrected chi connectivity index (χ4v) is 7.29.